The third-order valence-electron chi connectivity index (χ3n) is 11.4. The summed E-state index contributed by atoms with van der Waals surface area (Å²) in [5, 5.41) is 23.3. The first-order valence-corrected chi connectivity index (χ1v) is 14.6. The van der Waals surface area contributed by atoms with E-state index in [0.717, 1.165) is 49.9 Å². The topological polar surface area (TPSA) is 77.8 Å². The second-order valence-corrected chi connectivity index (χ2v) is 13.3. The second kappa shape index (κ2) is 9.75. The minimum absolute atomic E-state index is 0.0797. The summed E-state index contributed by atoms with van der Waals surface area (Å²) in [5.41, 5.74) is 0.771. The van der Waals surface area contributed by atoms with Gasteiger partial charge in [0.1, 0.15) is 0 Å². The largest absolute Gasteiger partial charge is 0.392 e. The molecule has 0 unspecified atom stereocenters. The van der Waals surface area contributed by atoms with Gasteiger partial charge in [-0.3, -0.25) is 9.59 Å². The lowest BCUT2D eigenvalue weighted by atomic mass is 9.44. The number of nitrogens with zero attached hydrogens (tertiary/aromatic N) is 1. The Labute approximate surface area is 228 Å². The van der Waals surface area contributed by atoms with Crippen LogP contribution in [0.4, 0.5) is 0 Å². The Morgan fingerprint density at radius 2 is 1.74 bits per heavy atom. The van der Waals surface area contributed by atoms with Gasteiger partial charge in [0.05, 0.1) is 12.2 Å². The van der Waals surface area contributed by atoms with Crippen molar-refractivity contribution in [2.45, 2.75) is 84.8 Å². The van der Waals surface area contributed by atoms with E-state index in [-0.39, 0.29) is 29.4 Å². The van der Waals surface area contributed by atoms with Crippen LogP contribution in [-0.4, -0.2) is 52.1 Å². The van der Waals surface area contributed by atoms with Crippen LogP contribution >= 0.6 is 0 Å². The van der Waals surface area contributed by atoms with E-state index < -0.39 is 28.5 Å². The molecule has 0 aromatic heterocycles. The van der Waals surface area contributed by atoms with Gasteiger partial charge < -0.3 is 15.1 Å². The number of hydrogen-bond donors (Lipinski definition) is 2. The predicted octanol–water partition coefficient (Wildman–Crippen LogP) is 5.66. The number of ketones is 1. The normalized spacial score (nSPS) is 42.4. The molecule has 206 valence electrons. The Hall–Kier alpha value is -2.24. The standard InChI is InChI=1S/C33H45NO4/c1-6-31(4)20-26(35)32(5)21(2)14-15-33(22(3)29(31)37)19-25(27(36)28(32)33)18-23-10-12-24(13-11-23)30(38)34-16-8-7-9-17-34/h6,10-13,18,21-22,26,28-29,35,37H,1,7-9,14-17,19-20H2,2-5H3/b25-18+/t21-,22+,26-,28+,29+,31-,32+,33+/m1/s1. The van der Waals surface area contributed by atoms with E-state index >= 15 is 0 Å². The number of piperidine rings is 1. The Morgan fingerprint density at radius 1 is 1.08 bits per heavy atom. The highest BCUT2D eigenvalue weighted by atomic mass is 16.3. The summed E-state index contributed by atoms with van der Waals surface area (Å²) in [7, 11) is 0. The van der Waals surface area contributed by atoms with Crippen molar-refractivity contribution < 1.29 is 19.8 Å². The molecule has 4 fully saturated rings. The van der Waals surface area contributed by atoms with Crippen molar-refractivity contribution in [2.24, 2.45) is 34.0 Å². The number of rotatable bonds is 3. The number of Topliss-reactive ketones (excluding diaryl/α,β-unsaturated/α-hetero) is 1. The van der Waals surface area contributed by atoms with Crippen LogP contribution in [0.25, 0.3) is 6.08 Å². The van der Waals surface area contributed by atoms with Crippen LogP contribution in [0, 0.1) is 34.0 Å². The number of carbonyl (C=O) groups is 2. The zero-order valence-electron chi connectivity index (χ0n) is 23.6. The number of allylic oxidation sites excluding steroid dienone is 1. The van der Waals surface area contributed by atoms with E-state index in [2.05, 4.69) is 27.4 Å². The number of aliphatic hydroxyl groups is 2. The molecule has 1 aliphatic heterocycles. The van der Waals surface area contributed by atoms with Gasteiger partial charge in [-0.1, -0.05) is 45.9 Å². The van der Waals surface area contributed by atoms with Gasteiger partial charge in [-0.15, -0.1) is 6.58 Å². The summed E-state index contributed by atoms with van der Waals surface area (Å²) in [5.74, 6) is -0.0624. The third-order valence-corrected chi connectivity index (χ3v) is 11.4. The molecule has 2 bridgehead atoms. The molecule has 0 radical (unpaired) electrons. The molecule has 1 heterocycles. The van der Waals surface area contributed by atoms with E-state index in [0.29, 0.717) is 18.4 Å². The van der Waals surface area contributed by atoms with Gasteiger partial charge in [-0.05, 0) is 91.5 Å². The summed E-state index contributed by atoms with van der Waals surface area (Å²) < 4.78 is 0. The van der Waals surface area contributed by atoms with Gasteiger partial charge in [-0.25, -0.2) is 0 Å². The Kier molecular flexibility index (Phi) is 7.01. The molecule has 1 amide bonds. The van der Waals surface area contributed by atoms with Crippen LogP contribution in [0.3, 0.4) is 0 Å². The molecule has 2 N–H and O–H groups in total. The minimum atomic E-state index is -0.712. The number of likely N-dealkylation sites (tertiary alicyclic amines) is 1. The molecule has 0 spiro atoms. The van der Waals surface area contributed by atoms with Crippen LogP contribution in [0.1, 0.15) is 88.6 Å². The maximum absolute atomic E-state index is 14.2. The molecule has 1 aromatic rings. The zero-order valence-corrected chi connectivity index (χ0v) is 23.6. The van der Waals surface area contributed by atoms with Crippen molar-refractivity contribution >= 4 is 17.8 Å². The Morgan fingerprint density at radius 3 is 2.37 bits per heavy atom. The maximum Gasteiger partial charge on any atom is 0.253 e. The Balaban J connectivity index is 1.50. The zero-order chi connectivity index (χ0) is 27.5. The quantitative estimate of drug-likeness (QED) is 0.399. The first kappa shape index (κ1) is 27.3. The lowest BCUT2D eigenvalue weighted by molar-refractivity contribution is -0.191. The van der Waals surface area contributed by atoms with Crippen molar-refractivity contribution in [3.05, 3.63) is 53.6 Å². The molecule has 5 heteroatoms. The highest BCUT2D eigenvalue weighted by Crippen LogP contribution is 2.68. The SMILES string of the molecule is C=C[C@]1(C)C[C@@H](O)[C@]2(C)[C@H](C)CC[C@]3(C/C(=C\c4ccc(C(=O)N5CCCCC5)cc4)C(=O)[C@H]32)[C@@H](C)[C@@H]1O. The number of aliphatic hydroxyl groups excluding tert-OH is 2. The molecular formula is C33H45NO4. The average Bonchev–Trinajstić information content (AvgIpc) is 3.22. The van der Waals surface area contributed by atoms with Crippen molar-refractivity contribution in [1.82, 2.24) is 4.90 Å². The molecule has 5 nitrogen and oxygen atoms in total. The molecule has 4 aliphatic rings. The number of amides is 1. The van der Waals surface area contributed by atoms with Crippen LogP contribution in [0.5, 0.6) is 0 Å². The van der Waals surface area contributed by atoms with Crippen LogP contribution < -0.4 is 0 Å². The lowest BCUT2D eigenvalue weighted by Gasteiger charge is -2.61. The fourth-order valence-corrected chi connectivity index (χ4v) is 8.55. The van der Waals surface area contributed by atoms with Crippen molar-refractivity contribution in [3.8, 4) is 0 Å². The lowest BCUT2D eigenvalue weighted by Crippen LogP contribution is -2.62. The van der Waals surface area contributed by atoms with Gasteiger partial charge in [0, 0.05) is 35.4 Å². The minimum Gasteiger partial charge on any atom is -0.392 e. The monoisotopic (exact) mass is 519 g/mol. The first-order chi connectivity index (χ1) is 18.0. The van der Waals surface area contributed by atoms with Crippen LogP contribution in [0.15, 0.2) is 42.5 Å². The second-order valence-electron chi connectivity index (χ2n) is 13.3. The van der Waals surface area contributed by atoms with E-state index in [4.69, 9.17) is 0 Å². The van der Waals surface area contributed by atoms with Gasteiger partial charge >= 0.3 is 0 Å². The van der Waals surface area contributed by atoms with Gasteiger partial charge in [0.15, 0.2) is 5.78 Å². The molecule has 3 saturated carbocycles. The summed E-state index contributed by atoms with van der Waals surface area (Å²) in [6.45, 7) is 14.0. The van der Waals surface area contributed by atoms with E-state index in [1.54, 1.807) is 6.08 Å². The predicted molar refractivity (Wildman–Crippen MR) is 150 cm³/mol. The first-order valence-electron chi connectivity index (χ1n) is 14.6. The highest BCUT2D eigenvalue weighted by molar-refractivity contribution is 6.05. The van der Waals surface area contributed by atoms with E-state index in [9.17, 15) is 19.8 Å². The summed E-state index contributed by atoms with van der Waals surface area (Å²) in [6.07, 6.45) is 8.48. The summed E-state index contributed by atoms with van der Waals surface area (Å²) in [6, 6.07) is 7.62. The van der Waals surface area contributed by atoms with Gasteiger partial charge in [0.25, 0.3) is 5.91 Å². The summed E-state index contributed by atoms with van der Waals surface area (Å²) >= 11 is 0. The fraction of sp³-hybridized carbons (Fsp3) is 0.636. The van der Waals surface area contributed by atoms with Crippen molar-refractivity contribution in [3.63, 3.8) is 0 Å². The van der Waals surface area contributed by atoms with E-state index in [1.807, 2.05) is 42.2 Å². The third kappa shape index (κ3) is 4.03. The van der Waals surface area contributed by atoms with Gasteiger partial charge in [-0.2, -0.15) is 0 Å². The molecule has 38 heavy (non-hydrogen) atoms. The molecule has 3 aliphatic carbocycles. The van der Waals surface area contributed by atoms with Crippen molar-refractivity contribution in [2.75, 3.05) is 13.1 Å². The highest BCUT2D eigenvalue weighted by Gasteiger charge is 2.68. The number of benzene rings is 1. The van der Waals surface area contributed by atoms with Crippen LogP contribution in [-0.2, 0) is 4.79 Å². The number of carbonyl (C=O) groups excluding carboxylic acids is 2. The molecule has 8 atom stereocenters. The molecule has 1 saturated heterocycles. The Bertz CT molecular complexity index is 1130. The van der Waals surface area contributed by atoms with Crippen LogP contribution in [0.2, 0.25) is 0 Å². The van der Waals surface area contributed by atoms with E-state index in [1.165, 1.54) is 6.42 Å². The summed E-state index contributed by atoms with van der Waals surface area (Å²) in [4.78, 5) is 29.1. The smallest absolute Gasteiger partial charge is 0.253 e. The molecule has 5 rings (SSSR count). The maximum atomic E-state index is 14.2. The fourth-order valence-electron chi connectivity index (χ4n) is 8.55. The molecular weight excluding hydrogens is 474 g/mol. The number of hydrogen-bond acceptors (Lipinski definition) is 4. The average molecular weight is 520 g/mol. The molecule has 1 aromatic carbocycles. The van der Waals surface area contributed by atoms with Gasteiger partial charge in [0.2, 0.25) is 0 Å². The van der Waals surface area contributed by atoms with Crippen molar-refractivity contribution in [1.29, 1.82) is 0 Å².